The maximum Gasteiger partial charge on any atom is 0.265 e. The number of aromatic nitrogens is 4. The van der Waals surface area contributed by atoms with Crippen LogP contribution in [0.25, 0.3) is 16.7 Å². The topological polar surface area (TPSA) is 85.7 Å². The van der Waals surface area contributed by atoms with Crippen LogP contribution in [0.5, 0.6) is 5.75 Å². The van der Waals surface area contributed by atoms with Gasteiger partial charge < -0.3 is 4.74 Å². The molecule has 0 aliphatic heterocycles. The summed E-state index contributed by atoms with van der Waals surface area (Å²) in [5, 5.41) is 13.3. The smallest absolute Gasteiger partial charge is 0.265 e. The number of fused-ring (bicyclic) bond motifs is 1. The fourth-order valence-electron chi connectivity index (χ4n) is 2.05. The van der Waals surface area contributed by atoms with Gasteiger partial charge in [-0.15, -0.1) is 0 Å². The number of rotatable bonds is 3. The van der Waals surface area contributed by atoms with Crippen molar-refractivity contribution < 1.29 is 4.74 Å². The van der Waals surface area contributed by atoms with E-state index in [1.807, 2.05) is 18.2 Å². The van der Waals surface area contributed by atoms with Crippen LogP contribution in [0.2, 0.25) is 0 Å². The van der Waals surface area contributed by atoms with E-state index < -0.39 is 0 Å². The van der Waals surface area contributed by atoms with Gasteiger partial charge in [0.25, 0.3) is 5.56 Å². The number of nitriles is 1. The molecular formula is C14H11N5O2. The summed E-state index contributed by atoms with van der Waals surface area (Å²) < 4.78 is 7.94. The molecule has 7 heteroatoms. The Balaban J connectivity index is 2.14. The van der Waals surface area contributed by atoms with Crippen molar-refractivity contribution in [3.05, 3.63) is 47.1 Å². The Bertz CT molecular complexity index is 886. The van der Waals surface area contributed by atoms with Crippen LogP contribution in [-0.2, 0) is 6.54 Å². The fraction of sp³-hybridized carbons (Fsp3) is 0.143. The second-order valence-electron chi connectivity index (χ2n) is 4.33. The minimum Gasteiger partial charge on any atom is -0.497 e. The molecule has 0 fully saturated rings. The molecule has 104 valence electrons. The molecule has 0 unspecified atom stereocenters. The third-order valence-corrected chi connectivity index (χ3v) is 3.11. The minimum absolute atomic E-state index is 0.0323. The van der Waals surface area contributed by atoms with Crippen LogP contribution in [0.3, 0.4) is 0 Å². The Morgan fingerprint density at radius 2 is 2.10 bits per heavy atom. The van der Waals surface area contributed by atoms with E-state index in [-0.39, 0.29) is 12.1 Å². The number of methoxy groups -OCH3 is 1. The molecule has 0 spiro atoms. The highest BCUT2D eigenvalue weighted by Crippen LogP contribution is 2.17. The van der Waals surface area contributed by atoms with E-state index in [4.69, 9.17) is 10.00 Å². The molecule has 0 amide bonds. The highest BCUT2D eigenvalue weighted by atomic mass is 16.5. The molecule has 3 aromatic rings. The van der Waals surface area contributed by atoms with Gasteiger partial charge in [0.15, 0.2) is 5.65 Å². The molecule has 2 aromatic heterocycles. The highest BCUT2D eigenvalue weighted by molar-refractivity contribution is 5.74. The van der Waals surface area contributed by atoms with Crippen molar-refractivity contribution in [3.63, 3.8) is 0 Å². The van der Waals surface area contributed by atoms with E-state index in [9.17, 15) is 4.79 Å². The quantitative estimate of drug-likeness (QED) is 0.718. The van der Waals surface area contributed by atoms with Gasteiger partial charge in [0.05, 0.1) is 25.1 Å². The van der Waals surface area contributed by atoms with Crippen LogP contribution < -0.4 is 10.3 Å². The molecule has 0 atom stereocenters. The third-order valence-electron chi connectivity index (χ3n) is 3.11. The van der Waals surface area contributed by atoms with Gasteiger partial charge in [-0.05, 0) is 24.3 Å². The van der Waals surface area contributed by atoms with Crippen molar-refractivity contribution in [2.24, 2.45) is 0 Å². The maximum absolute atomic E-state index is 12.2. The normalized spacial score (nSPS) is 10.5. The molecule has 0 radical (unpaired) electrons. The average molecular weight is 281 g/mol. The summed E-state index contributed by atoms with van der Waals surface area (Å²) in [6.07, 6.45) is 2.82. The van der Waals surface area contributed by atoms with Crippen LogP contribution in [0.4, 0.5) is 0 Å². The van der Waals surface area contributed by atoms with E-state index >= 15 is 0 Å². The van der Waals surface area contributed by atoms with Crippen molar-refractivity contribution in [3.8, 4) is 17.5 Å². The summed E-state index contributed by atoms with van der Waals surface area (Å²) in [6.45, 7) is -0.0323. The van der Waals surface area contributed by atoms with E-state index in [0.29, 0.717) is 11.0 Å². The Labute approximate surface area is 119 Å². The lowest BCUT2D eigenvalue weighted by Crippen LogP contribution is -2.19. The Hall–Kier alpha value is -3.14. The molecule has 0 aliphatic rings. The molecule has 0 aliphatic carbocycles. The Morgan fingerprint density at radius 1 is 1.33 bits per heavy atom. The molecule has 21 heavy (non-hydrogen) atoms. The van der Waals surface area contributed by atoms with E-state index in [1.54, 1.807) is 23.9 Å². The lowest BCUT2D eigenvalue weighted by molar-refractivity contribution is 0.414. The SMILES string of the molecule is COc1ccc(-n2ncc3c(=O)n(CC#N)cnc32)cc1. The first-order valence-electron chi connectivity index (χ1n) is 6.19. The number of hydrogen-bond donors (Lipinski definition) is 0. The van der Waals surface area contributed by atoms with Crippen LogP contribution in [0.15, 0.2) is 41.6 Å². The first-order valence-corrected chi connectivity index (χ1v) is 6.19. The maximum atomic E-state index is 12.2. The lowest BCUT2D eigenvalue weighted by Gasteiger charge is -2.05. The monoisotopic (exact) mass is 281 g/mol. The Morgan fingerprint density at radius 3 is 2.76 bits per heavy atom. The zero-order valence-electron chi connectivity index (χ0n) is 11.2. The highest BCUT2D eigenvalue weighted by Gasteiger charge is 2.11. The summed E-state index contributed by atoms with van der Waals surface area (Å²) in [4.78, 5) is 16.4. The van der Waals surface area contributed by atoms with Gasteiger partial charge in [-0.2, -0.15) is 10.4 Å². The predicted octanol–water partition coefficient (Wildman–Crippen LogP) is 1.11. The summed E-state index contributed by atoms with van der Waals surface area (Å²) >= 11 is 0. The predicted molar refractivity (Wildman–Crippen MR) is 75.3 cm³/mol. The molecule has 0 bridgehead atoms. The number of benzene rings is 1. The van der Waals surface area contributed by atoms with Crippen LogP contribution in [0, 0.1) is 11.3 Å². The van der Waals surface area contributed by atoms with Crippen molar-refractivity contribution in [1.29, 1.82) is 5.26 Å². The fourth-order valence-corrected chi connectivity index (χ4v) is 2.05. The van der Waals surface area contributed by atoms with E-state index in [2.05, 4.69) is 10.1 Å². The van der Waals surface area contributed by atoms with Crippen molar-refractivity contribution >= 4 is 11.0 Å². The molecule has 0 saturated carbocycles. The molecular weight excluding hydrogens is 270 g/mol. The summed E-state index contributed by atoms with van der Waals surface area (Å²) in [6, 6.07) is 9.19. The molecule has 1 aromatic carbocycles. The van der Waals surface area contributed by atoms with Crippen molar-refractivity contribution in [2.75, 3.05) is 7.11 Å². The largest absolute Gasteiger partial charge is 0.497 e. The van der Waals surface area contributed by atoms with Crippen LogP contribution >= 0.6 is 0 Å². The lowest BCUT2D eigenvalue weighted by atomic mass is 10.3. The molecule has 0 saturated heterocycles. The third kappa shape index (κ3) is 2.12. The summed E-state index contributed by atoms with van der Waals surface area (Å²) in [5.41, 5.74) is 0.955. The number of hydrogen-bond acceptors (Lipinski definition) is 5. The zero-order chi connectivity index (χ0) is 14.8. The minimum atomic E-state index is -0.277. The summed E-state index contributed by atoms with van der Waals surface area (Å²) in [5.74, 6) is 0.736. The van der Waals surface area contributed by atoms with E-state index in [0.717, 1.165) is 11.4 Å². The van der Waals surface area contributed by atoms with Gasteiger partial charge in [0, 0.05) is 0 Å². The van der Waals surface area contributed by atoms with Crippen LogP contribution in [0.1, 0.15) is 0 Å². The van der Waals surface area contributed by atoms with Crippen molar-refractivity contribution in [1.82, 2.24) is 19.3 Å². The second kappa shape index (κ2) is 5.09. The molecule has 7 nitrogen and oxygen atoms in total. The van der Waals surface area contributed by atoms with Crippen LogP contribution in [-0.4, -0.2) is 26.4 Å². The van der Waals surface area contributed by atoms with E-state index in [1.165, 1.54) is 17.1 Å². The van der Waals surface area contributed by atoms with Gasteiger partial charge >= 0.3 is 0 Å². The zero-order valence-corrected chi connectivity index (χ0v) is 11.2. The molecule has 2 heterocycles. The van der Waals surface area contributed by atoms with Gasteiger partial charge in [-0.25, -0.2) is 9.67 Å². The van der Waals surface area contributed by atoms with Gasteiger partial charge in [-0.1, -0.05) is 0 Å². The standard InChI is InChI=1S/C14H11N5O2/c1-21-11-4-2-10(3-5-11)19-13-12(8-17-19)14(20)18(7-6-15)9-16-13/h2-5,8-9H,7H2,1H3. The number of nitrogens with zero attached hydrogens (tertiary/aromatic N) is 5. The summed E-state index contributed by atoms with van der Waals surface area (Å²) in [7, 11) is 1.59. The molecule has 0 N–H and O–H groups in total. The van der Waals surface area contributed by atoms with Gasteiger partial charge in [-0.3, -0.25) is 9.36 Å². The second-order valence-corrected chi connectivity index (χ2v) is 4.33. The van der Waals surface area contributed by atoms with Gasteiger partial charge in [0.2, 0.25) is 0 Å². The molecule has 3 rings (SSSR count). The Kier molecular flexibility index (Phi) is 3.12. The first kappa shape index (κ1) is 12.9. The average Bonchev–Trinajstić information content (AvgIpc) is 2.95. The van der Waals surface area contributed by atoms with Crippen molar-refractivity contribution in [2.45, 2.75) is 6.54 Å². The first-order chi connectivity index (χ1) is 10.2. The number of ether oxygens (including phenoxy) is 1. The van der Waals surface area contributed by atoms with Gasteiger partial charge in [0.1, 0.15) is 24.0 Å².